The SMILES string of the molecule is O=C(OC12CC3CC(C1)CC(C(=O)OCCC(F)(F)C(F)(F)S(=O)(=O)O)(C3)C2)C(F)(F)F.[NaH]. The van der Waals surface area contributed by atoms with Crippen molar-refractivity contribution in [2.45, 2.75) is 67.9 Å². The molecule has 0 aromatic heterocycles. The fourth-order valence-electron chi connectivity index (χ4n) is 5.55. The van der Waals surface area contributed by atoms with Crippen LogP contribution in [0.15, 0.2) is 0 Å². The van der Waals surface area contributed by atoms with Gasteiger partial charge in [0.1, 0.15) is 5.60 Å². The van der Waals surface area contributed by atoms with Gasteiger partial charge in [0.05, 0.1) is 18.4 Å². The first-order valence-electron chi connectivity index (χ1n) is 9.53. The van der Waals surface area contributed by atoms with Crippen LogP contribution in [0.3, 0.4) is 0 Å². The van der Waals surface area contributed by atoms with E-state index in [0.717, 1.165) is 0 Å². The van der Waals surface area contributed by atoms with E-state index in [0.29, 0.717) is 6.42 Å². The first-order chi connectivity index (χ1) is 14.3. The standard InChI is InChI=1S/C17H19F7O7S.Na.H/c18-15(19,17(23,24)32(27,28)29)1-2-30-11(25)13-4-9-3-10(5-13)7-14(6-9,8-13)31-12(26)16(20,21)22;;/h9-10H,1-8H2,(H,27,28,29);;. The number of carbonyl (C=O) groups is 2. The van der Waals surface area contributed by atoms with Crippen molar-refractivity contribution >= 4 is 51.6 Å². The maximum absolute atomic E-state index is 13.6. The van der Waals surface area contributed by atoms with Gasteiger partial charge in [-0.2, -0.15) is 39.2 Å². The predicted molar refractivity (Wildman–Crippen MR) is 96.2 cm³/mol. The van der Waals surface area contributed by atoms with E-state index in [9.17, 15) is 48.7 Å². The van der Waals surface area contributed by atoms with E-state index in [1.54, 1.807) is 0 Å². The molecule has 2 unspecified atom stereocenters. The Morgan fingerprint density at radius 3 is 1.94 bits per heavy atom. The number of hydrogen-bond donors (Lipinski definition) is 1. The van der Waals surface area contributed by atoms with Crippen molar-refractivity contribution in [3.05, 3.63) is 0 Å². The normalized spacial score (nSPS) is 31.6. The van der Waals surface area contributed by atoms with Gasteiger partial charge in [0.15, 0.2) is 0 Å². The first kappa shape index (κ1) is 28.6. The topological polar surface area (TPSA) is 107 Å². The summed E-state index contributed by atoms with van der Waals surface area (Å²) >= 11 is 0. The van der Waals surface area contributed by atoms with Crippen molar-refractivity contribution < 1.29 is 62.8 Å². The molecule has 4 saturated carbocycles. The van der Waals surface area contributed by atoms with Gasteiger partial charge in [-0.1, -0.05) is 0 Å². The number of carbonyl (C=O) groups excluding carboxylic acids is 2. The minimum atomic E-state index is -6.44. The molecule has 0 heterocycles. The summed E-state index contributed by atoms with van der Waals surface area (Å²) in [7, 11) is -6.44. The monoisotopic (exact) mass is 524 g/mol. The molecular formula is C17H20F7NaO7S. The molecule has 0 amide bonds. The second kappa shape index (κ2) is 8.79. The average Bonchev–Trinajstić information content (AvgIpc) is 2.57. The van der Waals surface area contributed by atoms with Gasteiger partial charge in [-0.3, -0.25) is 9.35 Å². The van der Waals surface area contributed by atoms with Crippen LogP contribution < -0.4 is 0 Å². The number of alkyl halides is 7. The van der Waals surface area contributed by atoms with Crippen LogP contribution in [0.1, 0.15) is 44.9 Å². The third-order valence-electron chi connectivity index (χ3n) is 6.38. The fraction of sp³-hybridized carbons (Fsp3) is 0.882. The molecule has 4 fully saturated rings. The summed E-state index contributed by atoms with van der Waals surface area (Å²) in [6, 6.07) is 0. The molecule has 186 valence electrons. The molecular weight excluding hydrogens is 504 g/mol. The van der Waals surface area contributed by atoms with Crippen LogP contribution in [0.25, 0.3) is 0 Å². The van der Waals surface area contributed by atoms with Crippen LogP contribution in [0.2, 0.25) is 0 Å². The van der Waals surface area contributed by atoms with Crippen LogP contribution >= 0.6 is 0 Å². The van der Waals surface area contributed by atoms with E-state index in [2.05, 4.69) is 0 Å². The number of esters is 2. The van der Waals surface area contributed by atoms with Gasteiger partial charge >= 0.3 is 69.0 Å². The van der Waals surface area contributed by atoms with Crippen molar-refractivity contribution in [1.29, 1.82) is 0 Å². The van der Waals surface area contributed by atoms with E-state index in [1.165, 1.54) is 0 Å². The van der Waals surface area contributed by atoms with Crippen LogP contribution in [0.4, 0.5) is 30.7 Å². The summed E-state index contributed by atoms with van der Waals surface area (Å²) in [5.74, 6) is -9.35. The molecule has 0 aromatic rings. The fourth-order valence-corrected chi connectivity index (χ4v) is 6.03. The van der Waals surface area contributed by atoms with Gasteiger partial charge in [-0.15, -0.1) is 0 Å². The Bertz CT molecular complexity index is 892. The van der Waals surface area contributed by atoms with E-state index >= 15 is 0 Å². The van der Waals surface area contributed by atoms with Crippen LogP contribution in [-0.2, 0) is 29.2 Å². The third-order valence-corrected chi connectivity index (χ3v) is 7.33. The quantitative estimate of drug-likeness (QED) is 0.236. The third kappa shape index (κ3) is 5.31. The van der Waals surface area contributed by atoms with Gasteiger partial charge in [0.2, 0.25) is 0 Å². The molecule has 0 aliphatic heterocycles. The van der Waals surface area contributed by atoms with Gasteiger partial charge in [-0.05, 0) is 43.9 Å². The molecule has 0 spiro atoms. The summed E-state index contributed by atoms with van der Waals surface area (Å²) < 4.78 is 131. The number of hydrogen-bond acceptors (Lipinski definition) is 6. The van der Waals surface area contributed by atoms with E-state index in [4.69, 9.17) is 14.0 Å². The van der Waals surface area contributed by atoms with Crippen molar-refractivity contribution in [1.82, 2.24) is 0 Å². The number of rotatable bonds is 7. The van der Waals surface area contributed by atoms with E-state index < -0.39 is 63.5 Å². The molecule has 16 heteroatoms. The van der Waals surface area contributed by atoms with Crippen molar-refractivity contribution in [3.63, 3.8) is 0 Å². The second-order valence-corrected chi connectivity index (χ2v) is 10.4. The summed E-state index contributed by atoms with van der Waals surface area (Å²) in [5, 5.41) is -5.82. The maximum atomic E-state index is 13.6. The molecule has 0 radical (unpaired) electrons. The number of ether oxygens (including phenoxy) is 2. The Balaban J connectivity index is 0.00000385. The summed E-state index contributed by atoms with van der Waals surface area (Å²) in [4.78, 5) is 24.1. The van der Waals surface area contributed by atoms with Gasteiger partial charge in [0, 0.05) is 6.42 Å². The van der Waals surface area contributed by atoms with Crippen molar-refractivity contribution in [2.24, 2.45) is 17.3 Å². The zero-order valence-corrected chi connectivity index (χ0v) is 17.1. The Morgan fingerprint density at radius 1 is 0.970 bits per heavy atom. The van der Waals surface area contributed by atoms with Gasteiger partial charge in [-0.25, -0.2) is 4.79 Å². The van der Waals surface area contributed by atoms with Gasteiger partial charge in [0.25, 0.3) is 0 Å². The zero-order chi connectivity index (χ0) is 24.4. The summed E-state index contributed by atoms with van der Waals surface area (Å²) in [5.41, 5.74) is -3.01. The van der Waals surface area contributed by atoms with Crippen LogP contribution in [0, 0.1) is 17.3 Å². The summed E-state index contributed by atoms with van der Waals surface area (Å²) in [6.45, 7) is -1.33. The van der Waals surface area contributed by atoms with Crippen LogP contribution in [0.5, 0.6) is 0 Å². The van der Waals surface area contributed by atoms with E-state index in [1.807, 2.05) is 0 Å². The molecule has 7 nitrogen and oxygen atoms in total. The van der Waals surface area contributed by atoms with Crippen LogP contribution in [-0.4, -0.2) is 84.0 Å². The molecule has 1 N–H and O–H groups in total. The number of halogens is 7. The zero-order valence-electron chi connectivity index (χ0n) is 16.3. The van der Waals surface area contributed by atoms with Crippen molar-refractivity contribution in [3.8, 4) is 0 Å². The second-order valence-electron chi connectivity index (χ2n) is 8.89. The first-order valence-corrected chi connectivity index (χ1v) is 11.0. The molecule has 4 aliphatic rings. The molecule has 0 saturated heterocycles. The van der Waals surface area contributed by atoms with E-state index in [-0.39, 0.29) is 73.5 Å². The van der Waals surface area contributed by atoms with Gasteiger partial charge < -0.3 is 9.47 Å². The molecule has 4 bridgehead atoms. The Kier molecular flexibility index (Phi) is 7.61. The predicted octanol–water partition coefficient (Wildman–Crippen LogP) is 2.83. The Morgan fingerprint density at radius 2 is 1.48 bits per heavy atom. The average molecular weight is 524 g/mol. The van der Waals surface area contributed by atoms with Crippen molar-refractivity contribution in [2.75, 3.05) is 6.61 Å². The Labute approximate surface area is 205 Å². The summed E-state index contributed by atoms with van der Waals surface area (Å²) in [6.07, 6.45) is -6.46. The minimum absolute atomic E-state index is 0. The molecule has 4 aliphatic carbocycles. The molecule has 33 heavy (non-hydrogen) atoms. The Hall–Kier alpha value is -0.640. The molecule has 0 aromatic carbocycles. The molecule has 2 atom stereocenters. The molecule has 4 rings (SSSR count).